The third-order valence-electron chi connectivity index (χ3n) is 6.57. The summed E-state index contributed by atoms with van der Waals surface area (Å²) in [6.07, 6.45) is 5.69. The fraction of sp³-hybridized carbons (Fsp3) is 0.286. The van der Waals surface area contributed by atoms with Gasteiger partial charge in [-0.2, -0.15) is 4.39 Å². The lowest BCUT2D eigenvalue weighted by Gasteiger charge is -2.19. The number of urea groups is 1. The molecule has 2 aromatic carbocycles. The predicted molar refractivity (Wildman–Crippen MR) is 151 cm³/mol. The minimum atomic E-state index is -1.08. The SMILES string of the molecule is CCc1cc(Nc2nccn3c(-c4ccc(OC)c(F)c4F)cnc23)ccc1C(=O)NCCCN(CCN)C(N)=O. The number of ether oxygens (including phenoxy) is 1. The van der Waals surface area contributed by atoms with Crippen LogP contribution >= 0.6 is 0 Å². The number of nitrogens with zero attached hydrogens (tertiary/aromatic N) is 4. The summed E-state index contributed by atoms with van der Waals surface area (Å²) < 4.78 is 35.6. The molecular formula is C28H32F2N8O3. The average molecular weight is 567 g/mol. The largest absolute Gasteiger partial charge is 0.494 e. The normalized spacial score (nSPS) is 11.0. The number of aryl methyl sites for hydroxylation is 1. The molecule has 2 aromatic heterocycles. The number of carbonyl (C=O) groups excluding carboxylic acids is 2. The Bertz CT molecular complexity index is 1560. The highest BCUT2D eigenvalue weighted by Gasteiger charge is 2.19. The van der Waals surface area contributed by atoms with Gasteiger partial charge in [-0.1, -0.05) is 6.92 Å². The van der Waals surface area contributed by atoms with Gasteiger partial charge in [0.25, 0.3) is 5.91 Å². The Morgan fingerprint density at radius 1 is 1.12 bits per heavy atom. The molecule has 0 fully saturated rings. The fourth-order valence-corrected chi connectivity index (χ4v) is 4.47. The molecule has 0 bridgehead atoms. The summed E-state index contributed by atoms with van der Waals surface area (Å²) in [6, 6.07) is 7.55. The molecule has 4 aromatic rings. The molecule has 0 saturated heterocycles. The van der Waals surface area contributed by atoms with Crippen LogP contribution in [0.4, 0.5) is 25.1 Å². The van der Waals surface area contributed by atoms with E-state index in [0.717, 1.165) is 5.56 Å². The molecule has 2 heterocycles. The first-order valence-electron chi connectivity index (χ1n) is 13.1. The van der Waals surface area contributed by atoms with Gasteiger partial charge in [0.15, 0.2) is 23.0 Å². The molecule has 3 amide bonds. The first-order valence-corrected chi connectivity index (χ1v) is 13.1. The van der Waals surface area contributed by atoms with Gasteiger partial charge in [0, 0.05) is 55.4 Å². The number of anilines is 2. The van der Waals surface area contributed by atoms with Crippen LogP contribution in [-0.4, -0.2) is 64.5 Å². The summed E-state index contributed by atoms with van der Waals surface area (Å²) >= 11 is 0. The van der Waals surface area contributed by atoms with Crippen molar-refractivity contribution in [3.63, 3.8) is 0 Å². The van der Waals surface area contributed by atoms with Crippen LogP contribution in [0, 0.1) is 11.6 Å². The maximum atomic E-state index is 14.8. The Hall–Kier alpha value is -4.78. The molecule has 11 nitrogen and oxygen atoms in total. The van der Waals surface area contributed by atoms with Gasteiger partial charge in [-0.05, 0) is 48.7 Å². The molecule has 0 aliphatic rings. The number of halogens is 2. The van der Waals surface area contributed by atoms with Gasteiger partial charge in [-0.25, -0.2) is 19.2 Å². The first kappa shape index (κ1) is 29.2. The summed E-state index contributed by atoms with van der Waals surface area (Å²) in [6.45, 7) is 3.36. The van der Waals surface area contributed by atoms with Crippen LogP contribution in [0.2, 0.25) is 0 Å². The third kappa shape index (κ3) is 6.35. The van der Waals surface area contributed by atoms with Crippen molar-refractivity contribution >= 4 is 29.1 Å². The topological polar surface area (TPSA) is 153 Å². The molecule has 4 rings (SSSR count). The van der Waals surface area contributed by atoms with Gasteiger partial charge in [-0.3, -0.25) is 9.20 Å². The van der Waals surface area contributed by atoms with Crippen molar-refractivity contribution in [1.82, 2.24) is 24.6 Å². The van der Waals surface area contributed by atoms with E-state index in [1.54, 1.807) is 22.7 Å². The van der Waals surface area contributed by atoms with Crippen LogP contribution < -0.4 is 26.8 Å². The number of benzene rings is 2. The quantitative estimate of drug-likeness (QED) is 0.192. The van der Waals surface area contributed by atoms with E-state index in [-0.39, 0.29) is 17.2 Å². The number of aromatic nitrogens is 3. The zero-order valence-electron chi connectivity index (χ0n) is 22.8. The van der Waals surface area contributed by atoms with Crippen LogP contribution in [0.5, 0.6) is 5.75 Å². The number of hydrogen-bond acceptors (Lipinski definition) is 7. The molecule has 41 heavy (non-hydrogen) atoms. The molecule has 0 saturated carbocycles. The Morgan fingerprint density at radius 2 is 1.93 bits per heavy atom. The number of hydrogen-bond donors (Lipinski definition) is 4. The highest BCUT2D eigenvalue weighted by Crippen LogP contribution is 2.31. The number of nitrogens with two attached hydrogens (primary N) is 2. The lowest BCUT2D eigenvalue weighted by molar-refractivity contribution is 0.0951. The molecule has 0 radical (unpaired) electrons. The number of amides is 3. The van der Waals surface area contributed by atoms with Crippen LogP contribution in [0.3, 0.4) is 0 Å². The molecule has 0 unspecified atom stereocenters. The molecular weight excluding hydrogens is 534 g/mol. The summed E-state index contributed by atoms with van der Waals surface area (Å²) in [5, 5.41) is 6.09. The second-order valence-corrected chi connectivity index (χ2v) is 9.13. The van der Waals surface area contributed by atoms with Crippen molar-refractivity contribution in [2.75, 3.05) is 38.6 Å². The first-order chi connectivity index (χ1) is 19.8. The van der Waals surface area contributed by atoms with Crippen molar-refractivity contribution in [2.45, 2.75) is 19.8 Å². The molecule has 216 valence electrons. The number of fused-ring (bicyclic) bond motifs is 1. The van der Waals surface area contributed by atoms with Gasteiger partial charge < -0.3 is 31.7 Å². The summed E-state index contributed by atoms with van der Waals surface area (Å²) in [4.78, 5) is 34.5. The minimum absolute atomic E-state index is 0.0262. The van der Waals surface area contributed by atoms with E-state index in [2.05, 4.69) is 20.6 Å². The van der Waals surface area contributed by atoms with Crippen LogP contribution in [0.1, 0.15) is 29.3 Å². The van der Waals surface area contributed by atoms with Crippen molar-refractivity contribution < 1.29 is 23.1 Å². The number of imidazole rings is 1. The second-order valence-electron chi connectivity index (χ2n) is 9.13. The lowest BCUT2D eigenvalue weighted by Crippen LogP contribution is -2.40. The maximum absolute atomic E-state index is 14.8. The average Bonchev–Trinajstić information content (AvgIpc) is 3.40. The Morgan fingerprint density at radius 3 is 2.63 bits per heavy atom. The molecule has 6 N–H and O–H groups in total. The van der Waals surface area contributed by atoms with E-state index in [4.69, 9.17) is 16.2 Å². The maximum Gasteiger partial charge on any atom is 0.314 e. The van der Waals surface area contributed by atoms with Gasteiger partial charge >= 0.3 is 6.03 Å². The minimum Gasteiger partial charge on any atom is -0.494 e. The van der Waals surface area contributed by atoms with Gasteiger partial charge in [0.2, 0.25) is 5.82 Å². The van der Waals surface area contributed by atoms with Crippen LogP contribution in [0.15, 0.2) is 48.9 Å². The zero-order valence-corrected chi connectivity index (χ0v) is 22.8. The third-order valence-corrected chi connectivity index (χ3v) is 6.57. The number of methoxy groups -OCH3 is 1. The van der Waals surface area contributed by atoms with Crippen molar-refractivity contribution in [2.24, 2.45) is 11.5 Å². The number of primary amides is 1. The number of rotatable bonds is 12. The predicted octanol–water partition coefficient (Wildman–Crippen LogP) is 3.45. The van der Waals surface area contributed by atoms with Gasteiger partial charge in [0.1, 0.15) is 0 Å². The van der Waals surface area contributed by atoms with Gasteiger partial charge in [0.05, 0.1) is 19.0 Å². The van der Waals surface area contributed by atoms with Crippen molar-refractivity contribution in [3.8, 4) is 17.0 Å². The van der Waals surface area contributed by atoms with Gasteiger partial charge in [-0.15, -0.1) is 0 Å². The summed E-state index contributed by atoms with van der Waals surface area (Å²) in [5.74, 6) is -2.15. The standard InChI is InChI=1S/C28H32F2N8O3/c1-3-17-15-18(5-6-19(17)27(39)34-10-4-12-37(13-9-31)28(32)40)36-25-26-35-16-21(38(26)14-11-33-25)20-7-8-22(41-2)24(30)23(20)29/h5-8,11,14-16H,3-4,9-10,12-13,31H2,1-2H3,(H2,32,40)(H,33,36)(H,34,39). The lowest BCUT2D eigenvalue weighted by atomic mass is 10.0. The van der Waals surface area contributed by atoms with Crippen LogP contribution in [0.25, 0.3) is 16.9 Å². The van der Waals surface area contributed by atoms with Crippen molar-refractivity contribution in [3.05, 3.63) is 71.7 Å². The van der Waals surface area contributed by atoms with E-state index in [9.17, 15) is 18.4 Å². The van der Waals surface area contributed by atoms with Crippen molar-refractivity contribution in [1.29, 1.82) is 0 Å². The molecule has 0 spiro atoms. The highest BCUT2D eigenvalue weighted by atomic mass is 19.2. The van der Waals surface area contributed by atoms with E-state index < -0.39 is 17.7 Å². The summed E-state index contributed by atoms with van der Waals surface area (Å²) in [5.41, 5.74) is 13.6. The number of nitrogens with one attached hydrogen (secondary N) is 2. The molecule has 0 aliphatic carbocycles. The highest BCUT2D eigenvalue weighted by molar-refractivity contribution is 5.96. The monoisotopic (exact) mass is 566 g/mol. The molecule has 0 atom stereocenters. The zero-order chi connectivity index (χ0) is 29.5. The Labute approximate surface area is 235 Å². The van der Waals surface area contributed by atoms with E-state index in [0.29, 0.717) is 67.4 Å². The molecule has 13 heteroatoms. The second kappa shape index (κ2) is 13.0. The van der Waals surface area contributed by atoms with E-state index >= 15 is 0 Å². The Balaban J connectivity index is 1.49. The number of carbonyl (C=O) groups is 2. The Kier molecular flexibility index (Phi) is 9.30. The molecule has 0 aliphatic heterocycles. The van der Waals surface area contributed by atoms with Crippen LogP contribution in [-0.2, 0) is 6.42 Å². The van der Waals surface area contributed by atoms with E-state index in [1.165, 1.54) is 36.5 Å². The fourth-order valence-electron chi connectivity index (χ4n) is 4.47. The van der Waals surface area contributed by atoms with E-state index in [1.807, 2.05) is 13.0 Å². The summed E-state index contributed by atoms with van der Waals surface area (Å²) in [7, 11) is 1.27. The smallest absolute Gasteiger partial charge is 0.314 e.